The third-order valence-corrected chi connectivity index (χ3v) is 5.90. The van der Waals surface area contributed by atoms with Crippen LogP contribution in [-0.2, 0) is 0 Å². The van der Waals surface area contributed by atoms with Crippen LogP contribution in [-0.4, -0.2) is 25.3 Å². The van der Waals surface area contributed by atoms with Crippen molar-refractivity contribution < 1.29 is 4.90 Å². The summed E-state index contributed by atoms with van der Waals surface area (Å²) in [6, 6.07) is 13.5. The lowest BCUT2D eigenvalue weighted by Gasteiger charge is -2.46. The van der Waals surface area contributed by atoms with E-state index in [1.54, 1.807) is 18.2 Å². The molecule has 4 atom stereocenters. The Morgan fingerprint density at radius 1 is 1.31 bits per heavy atom. The summed E-state index contributed by atoms with van der Waals surface area (Å²) < 4.78 is 0. The van der Waals surface area contributed by atoms with E-state index in [4.69, 9.17) is 17.0 Å². The molecule has 1 aromatic rings. The minimum absolute atomic E-state index is 0.113. The highest BCUT2D eigenvalue weighted by molar-refractivity contribution is 6.30. The van der Waals surface area contributed by atoms with E-state index in [1.807, 2.05) is 12.1 Å². The monoisotopic (exact) mass is 364 g/mol. The van der Waals surface area contributed by atoms with Crippen LogP contribution in [0, 0.1) is 56.7 Å². The van der Waals surface area contributed by atoms with Gasteiger partial charge in [-0.25, -0.2) is 0 Å². The van der Waals surface area contributed by atoms with Crippen LogP contribution in [0.5, 0.6) is 0 Å². The van der Waals surface area contributed by atoms with Gasteiger partial charge in [-0.05, 0) is 36.3 Å². The third-order valence-electron chi connectivity index (χ3n) is 5.67. The van der Waals surface area contributed by atoms with Crippen molar-refractivity contribution in [3.8, 4) is 18.2 Å². The van der Waals surface area contributed by atoms with Gasteiger partial charge in [0.1, 0.15) is 5.92 Å². The lowest BCUT2D eigenvalue weighted by molar-refractivity contribution is -0.897. The number of likely N-dealkylation sites (N-methyl/N-ethyl adjacent to an activating group) is 1. The Morgan fingerprint density at radius 3 is 2.62 bits per heavy atom. The molecule has 1 aliphatic heterocycles. The number of rotatable bonds is 2. The number of quaternary nitrogens is 1. The molecule has 2 aliphatic rings. The van der Waals surface area contributed by atoms with Gasteiger partial charge in [0.2, 0.25) is 0 Å². The van der Waals surface area contributed by atoms with Crippen LogP contribution in [0.4, 0.5) is 0 Å². The van der Waals surface area contributed by atoms with Gasteiger partial charge in [-0.1, -0.05) is 23.7 Å². The lowest BCUT2D eigenvalue weighted by Crippen LogP contribution is -3.13. The standard InChI is InChI=1S/C20H18ClN5/c1-2-26-7-6-15-16(9-22)19(25)20(11-23,12-24)18(17(15)10-26)13-4-3-5-14(21)8-13/h3-6,8,16-18,25H,2,7,10H2,1H3/p+1/t16?,17-,18+/m0/s1. The van der Waals surface area contributed by atoms with E-state index in [-0.39, 0.29) is 11.6 Å². The maximum absolute atomic E-state index is 9.96. The predicted octanol–water partition coefficient (Wildman–Crippen LogP) is 2.09. The number of fused-ring (bicyclic) bond motifs is 1. The molecule has 3 rings (SSSR count). The van der Waals surface area contributed by atoms with E-state index in [9.17, 15) is 15.8 Å². The van der Waals surface area contributed by atoms with E-state index < -0.39 is 17.3 Å². The van der Waals surface area contributed by atoms with Crippen molar-refractivity contribution in [2.24, 2.45) is 17.3 Å². The number of hydrogen-bond acceptors (Lipinski definition) is 4. The zero-order chi connectivity index (χ0) is 18.9. The second-order valence-electron chi connectivity index (χ2n) is 6.86. The molecule has 0 aromatic heterocycles. The minimum atomic E-state index is -1.66. The third kappa shape index (κ3) is 2.60. The molecule has 6 heteroatoms. The molecule has 0 amide bonds. The molecule has 130 valence electrons. The van der Waals surface area contributed by atoms with Crippen molar-refractivity contribution in [2.45, 2.75) is 12.8 Å². The van der Waals surface area contributed by atoms with Crippen molar-refractivity contribution in [1.82, 2.24) is 0 Å². The number of halogens is 1. The zero-order valence-electron chi connectivity index (χ0n) is 14.5. The van der Waals surface area contributed by atoms with Gasteiger partial charge >= 0.3 is 0 Å². The van der Waals surface area contributed by atoms with Crippen molar-refractivity contribution >= 4 is 17.3 Å². The summed E-state index contributed by atoms with van der Waals surface area (Å²) in [5, 5.41) is 38.7. The highest BCUT2D eigenvalue weighted by Crippen LogP contribution is 2.52. The molecule has 2 unspecified atom stereocenters. The maximum Gasteiger partial charge on any atom is 0.189 e. The molecule has 0 spiro atoms. The Kier molecular flexibility index (Phi) is 4.84. The predicted molar refractivity (Wildman–Crippen MR) is 97.5 cm³/mol. The summed E-state index contributed by atoms with van der Waals surface area (Å²) in [5.41, 5.74) is -0.128. The van der Waals surface area contributed by atoms with Gasteiger partial charge in [-0.15, -0.1) is 0 Å². The fourth-order valence-electron chi connectivity index (χ4n) is 4.33. The Morgan fingerprint density at radius 2 is 2.04 bits per heavy atom. The van der Waals surface area contributed by atoms with Crippen LogP contribution in [0.2, 0.25) is 5.02 Å². The Labute approximate surface area is 158 Å². The van der Waals surface area contributed by atoms with Gasteiger partial charge < -0.3 is 10.3 Å². The van der Waals surface area contributed by atoms with Gasteiger partial charge in [0.25, 0.3) is 0 Å². The molecule has 1 aliphatic carbocycles. The Hall–Kier alpha value is -2.65. The first-order chi connectivity index (χ1) is 12.5. The molecule has 5 nitrogen and oxygen atoms in total. The topological polar surface area (TPSA) is 99.7 Å². The molecule has 2 N–H and O–H groups in total. The lowest BCUT2D eigenvalue weighted by atomic mass is 9.54. The van der Waals surface area contributed by atoms with E-state index in [0.717, 1.165) is 30.8 Å². The SMILES string of the molecule is CC[NH+]1CC=C2C(C#N)C(=N)C(C#N)(C#N)[C@H](c3cccc(Cl)c3)[C@H]2C1. The number of hydrogen-bond donors (Lipinski definition) is 2. The van der Waals surface area contributed by atoms with Gasteiger partial charge in [0.05, 0.1) is 43.6 Å². The highest BCUT2D eigenvalue weighted by Gasteiger charge is 2.58. The van der Waals surface area contributed by atoms with Crippen LogP contribution in [0.25, 0.3) is 0 Å². The summed E-state index contributed by atoms with van der Waals surface area (Å²) in [7, 11) is 0. The quantitative estimate of drug-likeness (QED) is 0.786. The molecule has 0 bridgehead atoms. The second-order valence-corrected chi connectivity index (χ2v) is 7.30. The number of nitriles is 3. The van der Waals surface area contributed by atoms with Gasteiger partial charge in [0.15, 0.2) is 5.41 Å². The largest absolute Gasteiger partial charge is 0.331 e. The molecular weight excluding hydrogens is 346 g/mol. The molecule has 1 aromatic carbocycles. The Bertz CT molecular complexity index is 884. The summed E-state index contributed by atoms with van der Waals surface area (Å²) in [5.74, 6) is -1.47. The molecule has 26 heavy (non-hydrogen) atoms. The first kappa shape index (κ1) is 18.2. The average molecular weight is 365 g/mol. The smallest absolute Gasteiger partial charge is 0.189 e. The van der Waals surface area contributed by atoms with Gasteiger partial charge in [0, 0.05) is 16.9 Å². The average Bonchev–Trinajstić information content (AvgIpc) is 2.66. The fraction of sp³-hybridized carbons (Fsp3) is 0.400. The van der Waals surface area contributed by atoms with E-state index in [2.05, 4.69) is 25.1 Å². The Balaban J connectivity index is 2.26. The number of benzene rings is 1. The molecule has 1 heterocycles. The summed E-state index contributed by atoms with van der Waals surface area (Å²) in [4.78, 5) is 1.33. The number of nitrogens with zero attached hydrogens (tertiary/aromatic N) is 3. The summed E-state index contributed by atoms with van der Waals surface area (Å²) in [6.07, 6.45) is 2.03. The molecule has 1 saturated carbocycles. The first-order valence-corrected chi connectivity index (χ1v) is 9.00. The van der Waals surface area contributed by atoms with Crippen LogP contribution in [0.1, 0.15) is 18.4 Å². The van der Waals surface area contributed by atoms with Gasteiger partial charge in [-0.3, -0.25) is 0 Å². The molecule has 1 fully saturated rings. The summed E-state index contributed by atoms with van der Waals surface area (Å²) >= 11 is 6.18. The fourth-order valence-corrected chi connectivity index (χ4v) is 4.52. The first-order valence-electron chi connectivity index (χ1n) is 8.62. The van der Waals surface area contributed by atoms with E-state index >= 15 is 0 Å². The molecular formula is C20H19ClN5+. The zero-order valence-corrected chi connectivity index (χ0v) is 15.2. The molecule has 0 radical (unpaired) electrons. The van der Waals surface area contributed by atoms with Crippen LogP contribution >= 0.6 is 11.6 Å². The maximum atomic E-state index is 9.96. The van der Waals surface area contributed by atoms with Crippen LogP contribution in [0.15, 0.2) is 35.9 Å². The molecule has 0 saturated heterocycles. The minimum Gasteiger partial charge on any atom is -0.331 e. The second kappa shape index (κ2) is 6.93. The van der Waals surface area contributed by atoms with Crippen molar-refractivity contribution in [1.29, 1.82) is 21.2 Å². The van der Waals surface area contributed by atoms with Gasteiger partial charge in [-0.2, -0.15) is 15.8 Å². The number of nitrogens with one attached hydrogen (secondary N) is 2. The van der Waals surface area contributed by atoms with E-state index in [0.29, 0.717) is 5.02 Å². The van der Waals surface area contributed by atoms with Crippen molar-refractivity contribution in [2.75, 3.05) is 19.6 Å². The highest BCUT2D eigenvalue weighted by atomic mass is 35.5. The normalized spacial score (nSPS) is 29.5. The van der Waals surface area contributed by atoms with Crippen molar-refractivity contribution in [3.63, 3.8) is 0 Å². The van der Waals surface area contributed by atoms with Crippen molar-refractivity contribution in [3.05, 3.63) is 46.5 Å². The van der Waals surface area contributed by atoms with Crippen LogP contribution in [0.3, 0.4) is 0 Å². The summed E-state index contributed by atoms with van der Waals surface area (Å²) in [6.45, 7) is 4.54. The van der Waals surface area contributed by atoms with E-state index in [1.165, 1.54) is 4.90 Å². The van der Waals surface area contributed by atoms with Crippen LogP contribution < -0.4 is 4.90 Å².